The van der Waals surface area contributed by atoms with E-state index in [0.717, 1.165) is 4.90 Å². The number of ether oxygens (including phenoxy) is 2. The first-order valence-electron chi connectivity index (χ1n) is 7.63. The molecule has 1 aliphatic heterocycles. The summed E-state index contributed by atoms with van der Waals surface area (Å²) < 4.78 is 23.7. The van der Waals surface area contributed by atoms with Crippen molar-refractivity contribution in [2.75, 3.05) is 18.2 Å². The minimum Gasteiger partial charge on any atom is -0.496 e. The van der Waals surface area contributed by atoms with Crippen LogP contribution in [-0.4, -0.2) is 24.7 Å². The van der Waals surface area contributed by atoms with Crippen molar-refractivity contribution in [3.63, 3.8) is 0 Å². The summed E-state index contributed by atoms with van der Waals surface area (Å²) in [6, 6.07) is 9.04. The van der Waals surface area contributed by atoms with Gasteiger partial charge >= 0.3 is 5.97 Å². The summed E-state index contributed by atoms with van der Waals surface area (Å²) >= 11 is 1.56. The van der Waals surface area contributed by atoms with E-state index in [1.165, 1.54) is 25.3 Å². The van der Waals surface area contributed by atoms with Crippen LogP contribution in [0.5, 0.6) is 5.75 Å². The molecule has 1 N–H and O–H groups in total. The highest BCUT2D eigenvalue weighted by atomic mass is 32.2. The molecule has 0 spiro atoms. The normalized spacial score (nSPS) is 13.4. The van der Waals surface area contributed by atoms with E-state index >= 15 is 0 Å². The van der Waals surface area contributed by atoms with Crippen molar-refractivity contribution in [2.24, 2.45) is 0 Å². The number of esters is 1. The van der Waals surface area contributed by atoms with Gasteiger partial charge in [0.05, 0.1) is 18.4 Å². The average Bonchev–Trinajstić information content (AvgIpc) is 2.79. The van der Waals surface area contributed by atoms with Crippen molar-refractivity contribution < 1.29 is 23.5 Å². The number of methoxy groups -OCH3 is 1. The van der Waals surface area contributed by atoms with Gasteiger partial charge in [0.2, 0.25) is 5.91 Å². The predicted octanol–water partition coefficient (Wildman–Crippen LogP) is 3.63. The number of benzene rings is 2. The van der Waals surface area contributed by atoms with Gasteiger partial charge in [0.15, 0.2) is 0 Å². The lowest BCUT2D eigenvalue weighted by molar-refractivity contribution is -0.115. The van der Waals surface area contributed by atoms with Crippen LogP contribution in [-0.2, 0) is 16.1 Å². The first-order chi connectivity index (χ1) is 12.1. The van der Waals surface area contributed by atoms with Crippen LogP contribution in [0.15, 0.2) is 41.3 Å². The SMILES string of the molecule is COc1ccc(F)cc1COC(=O)c1ccc2c(c1)NC(=O)CCS2. The van der Waals surface area contributed by atoms with Gasteiger partial charge in [0.1, 0.15) is 18.2 Å². The van der Waals surface area contributed by atoms with E-state index in [1.807, 2.05) is 0 Å². The third-order valence-corrected chi connectivity index (χ3v) is 4.75. The molecule has 7 heteroatoms. The van der Waals surface area contributed by atoms with Crippen LogP contribution >= 0.6 is 11.8 Å². The van der Waals surface area contributed by atoms with Crippen LogP contribution < -0.4 is 10.1 Å². The molecule has 0 radical (unpaired) electrons. The minimum atomic E-state index is -0.558. The van der Waals surface area contributed by atoms with Crippen LogP contribution in [0, 0.1) is 5.82 Å². The number of rotatable bonds is 4. The third kappa shape index (κ3) is 4.11. The van der Waals surface area contributed by atoms with E-state index in [4.69, 9.17) is 9.47 Å². The lowest BCUT2D eigenvalue weighted by Crippen LogP contribution is -2.11. The Morgan fingerprint density at radius 1 is 1.28 bits per heavy atom. The van der Waals surface area contributed by atoms with Crippen molar-refractivity contribution in [3.05, 3.63) is 53.3 Å². The highest BCUT2D eigenvalue weighted by molar-refractivity contribution is 7.99. The van der Waals surface area contributed by atoms with Crippen LogP contribution in [0.4, 0.5) is 10.1 Å². The first-order valence-corrected chi connectivity index (χ1v) is 8.61. The fraction of sp³-hybridized carbons (Fsp3) is 0.222. The smallest absolute Gasteiger partial charge is 0.338 e. The molecule has 0 fully saturated rings. The summed E-state index contributed by atoms with van der Waals surface area (Å²) in [5.41, 5.74) is 1.36. The Balaban J connectivity index is 1.74. The highest BCUT2D eigenvalue weighted by Crippen LogP contribution is 2.31. The van der Waals surface area contributed by atoms with E-state index in [0.29, 0.717) is 34.7 Å². The van der Waals surface area contributed by atoms with Gasteiger partial charge in [-0.3, -0.25) is 4.79 Å². The number of carbonyl (C=O) groups excluding carboxylic acids is 2. The van der Waals surface area contributed by atoms with Crippen molar-refractivity contribution >= 4 is 29.3 Å². The van der Waals surface area contributed by atoms with E-state index in [1.54, 1.807) is 30.0 Å². The number of thioether (sulfide) groups is 1. The molecule has 0 bridgehead atoms. The molecule has 3 rings (SSSR count). The molecular formula is C18H16FNO4S. The maximum atomic E-state index is 13.4. The zero-order valence-electron chi connectivity index (χ0n) is 13.5. The van der Waals surface area contributed by atoms with Gasteiger partial charge in [-0.05, 0) is 36.4 Å². The molecule has 1 amide bonds. The molecule has 1 heterocycles. The number of nitrogens with one attached hydrogen (secondary N) is 1. The summed E-state index contributed by atoms with van der Waals surface area (Å²) in [4.78, 5) is 24.8. The topological polar surface area (TPSA) is 64.6 Å². The van der Waals surface area contributed by atoms with Crippen molar-refractivity contribution in [2.45, 2.75) is 17.9 Å². The Morgan fingerprint density at radius 2 is 2.12 bits per heavy atom. The Hall–Kier alpha value is -2.54. The second kappa shape index (κ2) is 7.57. The van der Waals surface area contributed by atoms with E-state index in [9.17, 15) is 14.0 Å². The Morgan fingerprint density at radius 3 is 2.92 bits per heavy atom. The number of hydrogen-bond acceptors (Lipinski definition) is 5. The molecule has 1 aliphatic rings. The van der Waals surface area contributed by atoms with Gasteiger partial charge in [-0.1, -0.05) is 0 Å². The fourth-order valence-electron chi connectivity index (χ4n) is 2.43. The number of fused-ring (bicyclic) bond motifs is 1. The number of amides is 1. The lowest BCUT2D eigenvalue weighted by Gasteiger charge is -2.11. The highest BCUT2D eigenvalue weighted by Gasteiger charge is 2.17. The second-order valence-electron chi connectivity index (χ2n) is 5.39. The van der Waals surface area contributed by atoms with Gasteiger partial charge < -0.3 is 14.8 Å². The summed E-state index contributed by atoms with van der Waals surface area (Å²) in [6.07, 6.45) is 0.429. The van der Waals surface area contributed by atoms with Gasteiger partial charge in [-0.15, -0.1) is 11.8 Å². The van der Waals surface area contributed by atoms with Crippen LogP contribution in [0.2, 0.25) is 0 Å². The van der Waals surface area contributed by atoms with Gasteiger partial charge in [-0.2, -0.15) is 0 Å². The largest absolute Gasteiger partial charge is 0.496 e. The Bertz CT molecular complexity index is 825. The van der Waals surface area contributed by atoms with Crippen LogP contribution in [0.1, 0.15) is 22.3 Å². The fourth-order valence-corrected chi connectivity index (χ4v) is 3.37. The minimum absolute atomic E-state index is 0.0822. The van der Waals surface area contributed by atoms with Crippen molar-refractivity contribution in [3.8, 4) is 5.75 Å². The molecule has 0 saturated heterocycles. The zero-order chi connectivity index (χ0) is 17.8. The van der Waals surface area contributed by atoms with Crippen LogP contribution in [0.25, 0.3) is 0 Å². The molecule has 0 atom stereocenters. The molecular weight excluding hydrogens is 345 g/mol. The van der Waals surface area contributed by atoms with E-state index in [2.05, 4.69) is 5.32 Å². The van der Waals surface area contributed by atoms with Crippen LogP contribution in [0.3, 0.4) is 0 Å². The van der Waals surface area contributed by atoms with E-state index < -0.39 is 11.8 Å². The van der Waals surface area contributed by atoms with E-state index in [-0.39, 0.29) is 12.5 Å². The maximum Gasteiger partial charge on any atom is 0.338 e. The molecule has 2 aromatic carbocycles. The predicted molar refractivity (Wildman–Crippen MR) is 92.5 cm³/mol. The monoisotopic (exact) mass is 361 g/mol. The quantitative estimate of drug-likeness (QED) is 0.843. The van der Waals surface area contributed by atoms with Gasteiger partial charge in [-0.25, -0.2) is 9.18 Å². The molecule has 0 aromatic heterocycles. The number of halogens is 1. The average molecular weight is 361 g/mol. The summed E-state index contributed by atoms with van der Waals surface area (Å²) in [5, 5.41) is 2.78. The first kappa shape index (κ1) is 17.3. The number of carbonyl (C=O) groups is 2. The molecule has 0 unspecified atom stereocenters. The zero-order valence-corrected chi connectivity index (χ0v) is 14.3. The summed E-state index contributed by atoms with van der Waals surface area (Å²) in [7, 11) is 1.46. The number of anilines is 1. The summed E-state index contributed by atoms with van der Waals surface area (Å²) in [6.45, 7) is -0.113. The van der Waals surface area contributed by atoms with Crippen molar-refractivity contribution in [1.82, 2.24) is 0 Å². The summed E-state index contributed by atoms with van der Waals surface area (Å²) in [5.74, 6) is 0.0671. The standard InChI is InChI=1S/C18H16FNO4S/c1-23-15-4-3-13(19)8-12(15)10-24-18(22)11-2-5-16-14(9-11)20-17(21)6-7-25-16/h2-5,8-9H,6-7,10H2,1H3,(H,20,21). The van der Waals surface area contributed by atoms with Gasteiger partial charge in [0.25, 0.3) is 0 Å². The third-order valence-electron chi connectivity index (χ3n) is 3.68. The Labute approximate surface area is 148 Å². The number of hydrogen-bond donors (Lipinski definition) is 1. The Kier molecular flexibility index (Phi) is 5.23. The van der Waals surface area contributed by atoms with Gasteiger partial charge in [0, 0.05) is 22.6 Å². The lowest BCUT2D eigenvalue weighted by atomic mass is 10.2. The molecule has 5 nitrogen and oxygen atoms in total. The molecule has 130 valence electrons. The molecule has 25 heavy (non-hydrogen) atoms. The molecule has 2 aromatic rings. The maximum absolute atomic E-state index is 13.4. The van der Waals surface area contributed by atoms with Crippen molar-refractivity contribution in [1.29, 1.82) is 0 Å². The second-order valence-corrected chi connectivity index (χ2v) is 6.53. The molecule has 0 saturated carbocycles. The molecule has 0 aliphatic carbocycles.